The fourth-order valence-electron chi connectivity index (χ4n) is 0.806. The minimum Gasteiger partial charge on any atom is -0.507 e. The summed E-state index contributed by atoms with van der Waals surface area (Å²) in [5, 5.41) is 15.6. The Morgan fingerprint density at radius 1 is 1.46 bits per heavy atom. The van der Waals surface area contributed by atoms with Crippen LogP contribution in [0.2, 0.25) is 5.02 Å². The van der Waals surface area contributed by atoms with E-state index in [2.05, 4.69) is 5.10 Å². The maximum absolute atomic E-state index is 9.38. The van der Waals surface area contributed by atoms with Gasteiger partial charge in [-0.25, -0.2) is 0 Å². The van der Waals surface area contributed by atoms with Gasteiger partial charge in [0.2, 0.25) is 0 Å². The molecular weight excluding hydrogens is 188 g/mol. The molecule has 0 aliphatic heterocycles. The molecule has 0 unspecified atom stereocenters. The van der Waals surface area contributed by atoms with E-state index in [0.29, 0.717) is 10.6 Å². The molecule has 13 heavy (non-hydrogen) atoms. The van der Waals surface area contributed by atoms with Crippen molar-refractivity contribution in [1.82, 2.24) is 5.01 Å². The van der Waals surface area contributed by atoms with Gasteiger partial charge in [-0.05, 0) is 18.2 Å². The van der Waals surface area contributed by atoms with Gasteiger partial charge in [0.05, 0.1) is 6.21 Å². The minimum atomic E-state index is 0.176. The molecule has 0 aliphatic rings. The first-order valence-corrected chi connectivity index (χ1v) is 4.17. The molecule has 3 nitrogen and oxygen atoms in total. The highest BCUT2D eigenvalue weighted by Gasteiger charge is 1.98. The lowest BCUT2D eigenvalue weighted by molar-refractivity contribution is 0.439. The molecule has 0 aromatic heterocycles. The normalized spacial score (nSPS) is 10.7. The lowest BCUT2D eigenvalue weighted by atomic mass is 10.2. The summed E-state index contributed by atoms with van der Waals surface area (Å²) in [6.07, 6.45) is 1.56. The summed E-state index contributed by atoms with van der Waals surface area (Å²) >= 11 is 5.75. The van der Waals surface area contributed by atoms with E-state index in [4.69, 9.17) is 11.6 Å². The van der Waals surface area contributed by atoms with Crippen LogP contribution in [0, 0.1) is 0 Å². The Kier molecular flexibility index (Phi) is 3.14. The summed E-state index contributed by atoms with van der Waals surface area (Å²) in [6, 6.07) is 4.83. The van der Waals surface area contributed by atoms with Crippen LogP contribution in [0.4, 0.5) is 0 Å². The van der Waals surface area contributed by atoms with E-state index < -0.39 is 0 Å². The van der Waals surface area contributed by atoms with Crippen molar-refractivity contribution in [2.45, 2.75) is 0 Å². The van der Waals surface area contributed by atoms with Crippen molar-refractivity contribution >= 4 is 17.8 Å². The maximum Gasteiger partial charge on any atom is 0.124 e. The first-order chi connectivity index (χ1) is 6.09. The van der Waals surface area contributed by atoms with Crippen molar-refractivity contribution in [1.29, 1.82) is 0 Å². The Hall–Kier alpha value is -1.22. The predicted molar refractivity (Wildman–Crippen MR) is 54.4 cm³/mol. The van der Waals surface area contributed by atoms with Gasteiger partial charge >= 0.3 is 0 Å². The van der Waals surface area contributed by atoms with Crippen molar-refractivity contribution in [3.63, 3.8) is 0 Å². The second-order valence-electron chi connectivity index (χ2n) is 2.79. The van der Waals surface area contributed by atoms with E-state index in [1.54, 1.807) is 43.5 Å². The molecule has 1 aromatic carbocycles. The summed E-state index contributed by atoms with van der Waals surface area (Å²) < 4.78 is 0. The van der Waals surface area contributed by atoms with Crippen molar-refractivity contribution < 1.29 is 5.11 Å². The number of benzene rings is 1. The van der Waals surface area contributed by atoms with Gasteiger partial charge < -0.3 is 10.1 Å². The van der Waals surface area contributed by atoms with Gasteiger partial charge in [-0.1, -0.05) is 11.6 Å². The number of hydrazone groups is 1. The number of hydrogen-bond donors (Lipinski definition) is 1. The Balaban J connectivity index is 2.93. The first kappa shape index (κ1) is 9.86. The van der Waals surface area contributed by atoms with Crippen molar-refractivity contribution in [2.24, 2.45) is 5.10 Å². The van der Waals surface area contributed by atoms with Crippen LogP contribution in [0.3, 0.4) is 0 Å². The summed E-state index contributed by atoms with van der Waals surface area (Å²) in [4.78, 5) is 0. The van der Waals surface area contributed by atoms with Crippen LogP contribution in [-0.4, -0.2) is 30.4 Å². The lowest BCUT2D eigenvalue weighted by Crippen LogP contribution is -2.01. The Morgan fingerprint density at radius 2 is 2.15 bits per heavy atom. The van der Waals surface area contributed by atoms with Gasteiger partial charge in [-0.2, -0.15) is 5.10 Å². The average Bonchev–Trinajstić information content (AvgIpc) is 2.06. The summed E-state index contributed by atoms with van der Waals surface area (Å²) in [7, 11) is 3.61. The topological polar surface area (TPSA) is 35.8 Å². The van der Waals surface area contributed by atoms with Gasteiger partial charge in [0.15, 0.2) is 0 Å². The minimum absolute atomic E-state index is 0.176. The highest BCUT2D eigenvalue weighted by atomic mass is 35.5. The monoisotopic (exact) mass is 198 g/mol. The highest BCUT2D eigenvalue weighted by Crippen LogP contribution is 2.19. The van der Waals surface area contributed by atoms with Crippen molar-refractivity contribution in [3.8, 4) is 5.75 Å². The Labute approximate surface area is 82.2 Å². The van der Waals surface area contributed by atoms with Crippen LogP contribution in [0.5, 0.6) is 5.75 Å². The molecule has 0 aliphatic carbocycles. The molecule has 0 bridgehead atoms. The number of halogens is 1. The molecule has 0 atom stereocenters. The third-order valence-electron chi connectivity index (χ3n) is 1.42. The Bertz CT molecular complexity index is 323. The van der Waals surface area contributed by atoms with Crippen LogP contribution in [0.15, 0.2) is 23.3 Å². The van der Waals surface area contributed by atoms with Crippen LogP contribution in [-0.2, 0) is 0 Å². The third kappa shape index (κ3) is 2.95. The molecule has 1 N–H and O–H groups in total. The fraction of sp³-hybridized carbons (Fsp3) is 0.222. The molecule has 0 spiro atoms. The molecule has 0 radical (unpaired) electrons. The van der Waals surface area contributed by atoms with Crippen molar-refractivity contribution in [3.05, 3.63) is 28.8 Å². The summed E-state index contributed by atoms with van der Waals surface area (Å²) in [5.41, 5.74) is 0.612. The fourth-order valence-corrected chi connectivity index (χ4v) is 0.987. The maximum atomic E-state index is 9.38. The summed E-state index contributed by atoms with van der Waals surface area (Å²) in [6.45, 7) is 0. The van der Waals surface area contributed by atoms with Crippen LogP contribution in [0.25, 0.3) is 0 Å². The molecule has 1 rings (SSSR count). The standard InChI is InChI=1S/C9H11ClN2O/c1-12(2)11-6-7-5-8(10)3-4-9(7)13/h3-6,13H,1-2H3. The molecule has 1 aromatic rings. The molecule has 0 saturated carbocycles. The highest BCUT2D eigenvalue weighted by molar-refractivity contribution is 6.30. The molecule has 0 fully saturated rings. The summed E-state index contributed by atoms with van der Waals surface area (Å²) in [5.74, 6) is 0.176. The van der Waals surface area contributed by atoms with Gasteiger partial charge in [-0.3, -0.25) is 0 Å². The quantitative estimate of drug-likeness (QED) is 0.583. The largest absolute Gasteiger partial charge is 0.507 e. The van der Waals surface area contributed by atoms with E-state index >= 15 is 0 Å². The molecule has 0 saturated heterocycles. The lowest BCUT2D eigenvalue weighted by Gasteiger charge is -2.03. The first-order valence-electron chi connectivity index (χ1n) is 3.79. The van der Waals surface area contributed by atoms with Gasteiger partial charge in [0, 0.05) is 24.7 Å². The van der Waals surface area contributed by atoms with Crippen LogP contribution >= 0.6 is 11.6 Å². The van der Waals surface area contributed by atoms with Gasteiger partial charge in [0.25, 0.3) is 0 Å². The van der Waals surface area contributed by atoms with E-state index in [9.17, 15) is 5.11 Å². The SMILES string of the molecule is CN(C)N=Cc1cc(Cl)ccc1O. The van der Waals surface area contributed by atoms with Gasteiger partial charge in [0.1, 0.15) is 5.75 Å². The second-order valence-corrected chi connectivity index (χ2v) is 3.23. The zero-order chi connectivity index (χ0) is 9.84. The van der Waals surface area contributed by atoms with E-state index in [0.717, 1.165) is 0 Å². The van der Waals surface area contributed by atoms with Gasteiger partial charge in [-0.15, -0.1) is 0 Å². The van der Waals surface area contributed by atoms with Crippen LogP contribution in [0.1, 0.15) is 5.56 Å². The number of nitrogens with zero attached hydrogens (tertiary/aromatic N) is 2. The smallest absolute Gasteiger partial charge is 0.124 e. The molecule has 0 heterocycles. The average molecular weight is 199 g/mol. The predicted octanol–water partition coefficient (Wildman–Crippen LogP) is 1.94. The number of phenolic OH excluding ortho intramolecular Hbond substituents is 1. The number of hydrogen-bond acceptors (Lipinski definition) is 3. The van der Waals surface area contributed by atoms with Crippen LogP contribution < -0.4 is 0 Å². The number of phenols is 1. The zero-order valence-corrected chi connectivity index (χ0v) is 8.28. The van der Waals surface area contributed by atoms with E-state index in [-0.39, 0.29) is 5.75 Å². The second kappa shape index (κ2) is 4.14. The molecule has 70 valence electrons. The molecular formula is C9H11ClN2O. The zero-order valence-electron chi connectivity index (χ0n) is 7.53. The van der Waals surface area contributed by atoms with E-state index in [1.165, 1.54) is 0 Å². The molecule has 0 amide bonds. The Morgan fingerprint density at radius 3 is 2.77 bits per heavy atom. The number of aromatic hydroxyl groups is 1. The third-order valence-corrected chi connectivity index (χ3v) is 1.65. The molecule has 4 heteroatoms. The van der Waals surface area contributed by atoms with Crippen molar-refractivity contribution in [2.75, 3.05) is 14.1 Å². The van der Waals surface area contributed by atoms with E-state index in [1.807, 2.05) is 0 Å². The number of rotatable bonds is 2.